The van der Waals surface area contributed by atoms with Gasteiger partial charge in [0.15, 0.2) is 0 Å². The molecule has 0 aliphatic carbocycles. The molecule has 2 atom stereocenters. The minimum Gasteiger partial charge on any atom is -0.383 e. The molecule has 0 saturated heterocycles. The van der Waals surface area contributed by atoms with E-state index in [0.29, 0.717) is 24.3 Å². The van der Waals surface area contributed by atoms with Gasteiger partial charge in [0.25, 0.3) is 5.91 Å². The molecule has 0 fully saturated rings. The molecule has 0 radical (unpaired) electrons. The van der Waals surface area contributed by atoms with Gasteiger partial charge in [0.1, 0.15) is 5.82 Å². The maximum Gasteiger partial charge on any atom is 0.254 e. The van der Waals surface area contributed by atoms with Crippen molar-refractivity contribution >= 4 is 28.8 Å². The van der Waals surface area contributed by atoms with E-state index >= 15 is 0 Å². The van der Waals surface area contributed by atoms with Crippen LogP contribution in [0.25, 0.3) is 0 Å². The van der Waals surface area contributed by atoms with Crippen LogP contribution in [0.4, 0.5) is 10.1 Å². The van der Waals surface area contributed by atoms with Gasteiger partial charge in [0.2, 0.25) is 5.91 Å². The van der Waals surface area contributed by atoms with Crippen LogP contribution in [0.3, 0.4) is 0 Å². The van der Waals surface area contributed by atoms with Crippen LogP contribution in [0.2, 0.25) is 0 Å². The number of anilines is 1. The highest BCUT2D eigenvalue weighted by Gasteiger charge is 2.44. The summed E-state index contributed by atoms with van der Waals surface area (Å²) < 4.78 is 19.4. The molecule has 3 aromatic rings. The molecule has 0 bridgehead atoms. The Balaban J connectivity index is 1.81. The first-order chi connectivity index (χ1) is 14.6. The van der Waals surface area contributed by atoms with Crippen LogP contribution in [0.5, 0.6) is 0 Å². The molecule has 154 valence electrons. The number of hydrogen-bond donors (Lipinski definition) is 1. The van der Waals surface area contributed by atoms with E-state index in [1.54, 1.807) is 42.3 Å². The minimum atomic E-state index is -0.686. The lowest BCUT2D eigenvalue weighted by atomic mass is 9.81. The van der Waals surface area contributed by atoms with Gasteiger partial charge in [0.05, 0.1) is 24.3 Å². The average Bonchev–Trinajstić information content (AvgIpc) is 3.29. The van der Waals surface area contributed by atoms with E-state index in [1.165, 1.54) is 23.5 Å². The molecule has 1 N–H and O–H groups in total. The quantitative estimate of drug-likeness (QED) is 0.636. The number of methoxy groups -OCH3 is 1. The smallest absolute Gasteiger partial charge is 0.254 e. The molecular weight excluding hydrogens is 403 g/mol. The minimum absolute atomic E-state index is 0.116. The summed E-state index contributed by atoms with van der Waals surface area (Å²) in [5.41, 5.74) is 1.24. The molecule has 1 aromatic heterocycles. The highest BCUT2D eigenvalue weighted by Crippen LogP contribution is 2.44. The molecule has 0 spiro atoms. The van der Waals surface area contributed by atoms with Crippen molar-refractivity contribution in [2.75, 3.05) is 25.6 Å². The van der Waals surface area contributed by atoms with Crippen LogP contribution >= 0.6 is 11.3 Å². The predicted molar refractivity (Wildman–Crippen MR) is 114 cm³/mol. The van der Waals surface area contributed by atoms with Crippen molar-refractivity contribution in [1.82, 2.24) is 4.90 Å². The van der Waals surface area contributed by atoms with Crippen molar-refractivity contribution in [2.45, 2.75) is 12.0 Å². The average molecular weight is 424 g/mol. The van der Waals surface area contributed by atoms with E-state index in [1.807, 2.05) is 23.6 Å². The molecule has 5 nitrogen and oxygen atoms in total. The second-order valence-corrected chi connectivity index (χ2v) is 7.96. The fourth-order valence-electron chi connectivity index (χ4n) is 3.86. The van der Waals surface area contributed by atoms with Crippen LogP contribution in [-0.2, 0) is 9.53 Å². The highest BCUT2D eigenvalue weighted by molar-refractivity contribution is 7.10. The molecule has 30 heavy (non-hydrogen) atoms. The number of fused-ring (bicyclic) bond motifs is 1. The van der Waals surface area contributed by atoms with Crippen molar-refractivity contribution in [3.05, 3.63) is 87.9 Å². The molecule has 4 rings (SSSR count). The van der Waals surface area contributed by atoms with E-state index in [0.717, 1.165) is 4.88 Å². The predicted octanol–water partition coefficient (Wildman–Crippen LogP) is 4.45. The molecule has 2 heterocycles. The van der Waals surface area contributed by atoms with Gasteiger partial charge < -0.3 is 15.0 Å². The number of ether oxygens (including phenoxy) is 1. The van der Waals surface area contributed by atoms with Gasteiger partial charge in [-0.1, -0.05) is 36.4 Å². The SMILES string of the molecule is COCCN1C(=O)c2ccccc2C(C(=O)Nc2ccccc2F)C1c1cccs1. The first-order valence-electron chi connectivity index (χ1n) is 9.59. The lowest BCUT2D eigenvalue weighted by molar-refractivity contribution is -0.119. The van der Waals surface area contributed by atoms with Crippen LogP contribution in [0.15, 0.2) is 66.0 Å². The summed E-state index contributed by atoms with van der Waals surface area (Å²) in [5.74, 6) is -1.69. The van der Waals surface area contributed by atoms with Gasteiger partial charge in [-0.25, -0.2) is 4.39 Å². The van der Waals surface area contributed by atoms with E-state index in [2.05, 4.69) is 5.32 Å². The van der Waals surface area contributed by atoms with Gasteiger partial charge in [0, 0.05) is 24.1 Å². The van der Waals surface area contributed by atoms with Crippen molar-refractivity contribution in [3.63, 3.8) is 0 Å². The summed E-state index contributed by atoms with van der Waals surface area (Å²) >= 11 is 1.49. The zero-order valence-corrected chi connectivity index (χ0v) is 17.2. The van der Waals surface area contributed by atoms with Crippen LogP contribution in [-0.4, -0.2) is 37.0 Å². The number of thiophene rings is 1. The zero-order chi connectivity index (χ0) is 21.1. The maximum absolute atomic E-state index is 14.2. The number of nitrogens with zero attached hydrogens (tertiary/aromatic N) is 1. The highest BCUT2D eigenvalue weighted by atomic mass is 32.1. The molecule has 2 amide bonds. The third-order valence-corrected chi connectivity index (χ3v) is 6.17. The topological polar surface area (TPSA) is 58.6 Å². The maximum atomic E-state index is 14.2. The number of carbonyl (C=O) groups is 2. The van der Waals surface area contributed by atoms with Crippen molar-refractivity contribution in [3.8, 4) is 0 Å². The van der Waals surface area contributed by atoms with Crippen molar-refractivity contribution in [1.29, 1.82) is 0 Å². The van der Waals surface area contributed by atoms with Crippen molar-refractivity contribution < 1.29 is 18.7 Å². The zero-order valence-electron chi connectivity index (χ0n) is 16.4. The molecule has 2 unspecified atom stereocenters. The number of para-hydroxylation sites is 1. The number of halogens is 1. The number of rotatable bonds is 6. The molecule has 1 aliphatic heterocycles. The summed E-state index contributed by atoms with van der Waals surface area (Å²) in [7, 11) is 1.57. The van der Waals surface area contributed by atoms with Gasteiger partial charge >= 0.3 is 0 Å². The Morgan fingerprint density at radius 2 is 1.90 bits per heavy atom. The summed E-state index contributed by atoms with van der Waals surface area (Å²) in [6.45, 7) is 0.688. The Hall–Kier alpha value is -3.03. The Morgan fingerprint density at radius 1 is 1.13 bits per heavy atom. The third-order valence-electron chi connectivity index (χ3n) is 5.22. The van der Waals surface area contributed by atoms with Crippen LogP contribution in [0, 0.1) is 5.82 Å². The molecule has 2 aromatic carbocycles. The normalized spacial score (nSPS) is 18.2. The molecule has 1 aliphatic rings. The Bertz CT molecular complexity index is 1050. The Morgan fingerprint density at radius 3 is 2.63 bits per heavy atom. The lowest BCUT2D eigenvalue weighted by Crippen LogP contribution is -2.47. The Labute approximate surface area is 178 Å². The molecule has 0 saturated carbocycles. The molecule has 7 heteroatoms. The fraction of sp³-hybridized carbons (Fsp3) is 0.217. The van der Waals surface area contributed by atoms with Crippen molar-refractivity contribution in [2.24, 2.45) is 0 Å². The fourth-order valence-corrected chi connectivity index (χ4v) is 4.73. The Kier molecular flexibility index (Phi) is 5.92. The lowest BCUT2D eigenvalue weighted by Gasteiger charge is -2.41. The van der Waals surface area contributed by atoms with Crippen LogP contribution < -0.4 is 5.32 Å². The summed E-state index contributed by atoms with van der Waals surface area (Å²) in [4.78, 5) is 29.3. The van der Waals surface area contributed by atoms with Gasteiger partial charge in [-0.2, -0.15) is 0 Å². The summed E-state index contributed by atoms with van der Waals surface area (Å²) in [6, 6.07) is 16.5. The van der Waals surface area contributed by atoms with E-state index in [-0.39, 0.29) is 17.5 Å². The number of benzene rings is 2. The monoisotopic (exact) mass is 424 g/mol. The largest absolute Gasteiger partial charge is 0.383 e. The second-order valence-electron chi connectivity index (χ2n) is 6.99. The molecular formula is C23H21FN2O3S. The summed E-state index contributed by atoms with van der Waals surface area (Å²) in [5, 5.41) is 4.64. The third kappa shape index (κ3) is 3.74. The van der Waals surface area contributed by atoms with E-state index in [4.69, 9.17) is 4.74 Å². The second kappa shape index (κ2) is 8.77. The number of amides is 2. The first kappa shape index (κ1) is 20.3. The van der Waals surface area contributed by atoms with Gasteiger partial charge in [-0.05, 0) is 35.2 Å². The summed E-state index contributed by atoms with van der Waals surface area (Å²) in [6.07, 6.45) is 0. The van der Waals surface area contributed by atoms with Gasteiger partial charge in [-0.15, -0.1) is 11.3 Å². The standard InChI is InChI=1S/C23H21FN2O3S/c1-29-13-12-26-21(19-11-6-14-30-19)20(15-7-2-3-8-16(15)23(26)28)22(27)25-18-10-5-4-9-17(18)24/h2-11,14,20-21H,12-13H2,1H3,(H,25,27). The van der Waals surface area contributed by atoms with E-state index < -0.39 is 17.8 Å². The number of hydrogen-bond acceptors (Lipinski definition) is 4. The van der Waals surface area contributed by atoms with E-state index in [9.17, 15) is 14.0 Å². The van der Waals surface area contributed by atoms with Gasteiger partial charge in [-0.3, -0.25) is 9.59 Å². The number of nitrogens with one attached hydrogen (secondary N) is 1. The van der Waals surface area contributed by atoms with Crippen LogP contribution in [0.1, 0.15) is 32.8 Å². The number of carbonyl (C=O) groups excluding carboxylic acids is 2. The first-order valence-corrected chi connectivity index (χ1v) is 10.5.